The van der Waals surface area contributed by atoms with Gasteiger partial charge >= 0.3 is 0 Å². The van der Waals surface area contributed by atoms with Crippen molar-refractivity contribution in [2.75, 3.05) is 31.1 Å². The molecule has 3 heteroatoms. The van der Waals surface area contributed by atoms with Crippen LogP contribution in [-0.4, -0.2) is 32.3 Å². The molecular formula is C22H28N2O. The molecule has 2 unspecified atom stereocenters. The van der Waals surface area contributed by atoms with Crippen LogP contribution in [0.5, 0.6) is 0 Å². The zero-order valence-corrected chi connectivity index (χ0v) is 15.1. The lowest BCUT2D eigenvalue weighted by Crippen LogP contribution is -2.50. The summed E-state index contributed by atoms with van der Waals surface area (Å²) < 4.78 is 6.08. The first kappa shape index (κ1) is 16.6. The van der Waals surface area contributed by atoms with Gasteiger partial charge in [0.2, 0.25) is 0 Å². The van der Waals surface area contributed by atoms with Crippen LogP contribution < -0.4 is 10.2 Å². The van der Waals surface area contributed by atoms with E-state index in [-0.39, 0.29) is 6.10 Å². The summed E-state index contributed by atoms with van der Waals surface area (Å²) in [5, 5.41) is 3.70. The lowest BCUT2D eigenvalue weighted by molar-refractivity contribution is 0.0333. The van der Waals surface area contributed by atoms with Gasteiger partial charge in [-0.3, -0.25) is 0 Å². The molecule has 2 aliphatic heterocycles. The Hall–Kier alpha value is -1.84. The highest BCUT2D eigenvalue weighted by molar-refractivity contribution is 5.48. The van der Waals surface area contributed by atoms with Crippen LogP contribution in [-0.2, 0) is 11.2 Å². The maximum Gasteiger partial charge on any atom is 0.0828 e. The molecule has 0 aromatic heterocycles. The van der Waals surface area contributed by atoms with E-state index in [1.165, 1.54) is 22.4 Å². The van der Waals surface area contributed by atoms with Crippen molar-refractivity contribution in [3.05, 3.63) is 65.2 Å². The van der Waals surface area contributed by atoms with Gasteiger partial charge in [0, 0.05) is 31.4 Å². The van der Waals surface area contributed by atoms with Crippen LogP contribution in [0.4, 0.5) is 5.69 Å². The van der Waals surface area contributed by atoms with Crippen molar-refractivity contribution in [3.63, 3.8) is 0 Å². The van der Waals surface area contributed by atoms with Crippen molar-refractivity contribution in [2.45, 2.75) is 38.3 Å². The molecule has 0 saturated carbocycles. The van der Waals surface area contributed by atoms with Gasteiger partial charge in [-0.2, -0.15) is 0 Å². The number of anilines is 1. The van der Waals surface area contributed by atoms with E-state index in [1.54, 1.807) is 0 Å². The maximum atomic E-state index is 6.08. The van der Waals surface area contributed by atoms with Gasteiger partial charge in [-0.05, 0) is 49.4 Å². The molecule has 2 aliphatic rings. The first-order chi connectivity index (χ1) is 12.3. The minimum Gasteiger partial charge on any atom is -0.373 e. The summed E-state index contributed by atoms with van der Waals surface area (Å²) in [5.74, 6) is 0. The Bertz CT molecular complexity index is 697. The van der Waals surface area contributed by atoms with E-state index in [0.29, 0.717) is 6.04 Å². The Morgan fingerprint density at radius 1 is 1.08 bits per heavy atom. The molecule has 4 rings (SSSR count). The third-order valence-electron chi connectivity index (χ3n) is 5.52. The minimum atomic E-state index is 0.265. The second kappa shape index (κ2) is 7.59. The molecule has 132 valence electrons. The largest absolute Gasteiger partial charge is 0.373 e. The first-order valence-corrected chi connectivity index (χ1v) is 9.54. The Balaban J connectivity index is 1.36. The predicted molar refractivity (Wildman–Crippen MR) is 103 cm³/mol. The molecule has 0 amide bonds. The summed E-state index contributed by atoms with van der Waals surface area (Å²) in [6.45, 7) is 6.22. The summed E-state index contributed by atoms with van der Waals surface area (Å²) in [4.78, 5) is 2.51. The van der Waals surface area contributed by atoms with Crippen molar-refractivity contribution < 1.29 is 4.74 Å². The summed E-state index contributed by atoms with van der Waals surface area (Å²) in [5.41, 5.74) is 5.54. The van der Waals surface area contributed by atoms with Crippen LogP contribution in [0.25, 0.3) is 0 Å². The number of benzene rings is 2. The van der Waals surface area contributed by atoms with Crippen LogP contribution in [0.15, 0.2) is 48.5 Å². The van der Waals surface area contributed by atoms with Gasteiger partial charge in [0.15, 0.2) is 0 Å². The topological polar surface area (TPSA) is 24.5 Å². The highest BCUT2D eigenvalue weighted by Gasteiger charge is 2.24. The fourth-order valence-electron chi connectivity index (χ4n) is 4.08. The zero-order chi connectivity index (χ0) is 17.1. The second-order valence-electron chi connectivity index (χ2n) is 7.32. The average molecular weight is 336 g/mol. The second-order valence-corrected chi connectivity index (χ2v) is 7.32. The summed E-state index contributed by atoms with van der Waals surface area (Å²) in [6, 6.07) is 18.2. The Morgan fingerprint density at radius 3 is 2.80 bits per heavy atom. The van der Waals surface area contributed by atoms with E-state index >= 15 is 0 Å². The molecule has 1 saturated heterocycles. The average Bonchev–Trinajstić information content (AvgIpc) is 2.67. The van der Waals surface area contributed by atoms with Crippen molar-refractivity contribution in [3.8, 4) is 0 Å². The molecule has 0 aliphatic carbocycles. The van der Waals surface area contributed by atoms with E-state index < -0.39 is 0 Å². The monoisotopic (exact) mass is 336 g/mol. The van der Waals surface area contributed by atoms with E-state index in [2.05, 4.69) is 65.7 Å². The van der Waals surface area contributed by atoms with Gasteiger partial charge in [0.25, 0.3) is 0 Å². The molecule has 1 fully saturated rings. The van der Waals surface area contributed by atoms with Crippen LogP contribution in [0.2, 0.25) is 0 Å². The third kappa shape index (κ3) is 3.88. The van der Waals surface area contributed by atoms with Gasteiger partial charge in [-0.25, -0.2) is 0 Å². The molecule has 25 heavy (non-hydrogen) atoms. The minimum absolute atomic E-state index is 0.265. The van der Waals surface area contributed by atoms with E-state index in [9.17, 15) is 0 Å². The molecule has 2 atom stereocenters. The number of nitrogens with zero attached hydrogens (tertiary/aromatic N) is 1. The molecule has 1 N–H and O–H groups in total. The number of ether oxygens (including phenoxy) is 1. The van der Waals surface area contributed by atoms with Crippen LogP contribution in [0.3, 0.4) is 0 Å². The van der Waals surface area contributed by atoms with Gasteiger partial charge in [-0.15, -0.1) is 0 Å². The number of rotatable bonds is 4. The van der Waals surface area contributed by atoms with E-state index in [1.807, 2.05) is 0 Å². The molecule has 0 spiro atoms. The molecule has 2 aromatic rings. The standard InChI is InChI=1S/C22H28N2O/c1-17-6-9-20(10-7-17)24-14-13-23-19(16-24)8-11-22-21-5-3-2-4-18(21)12-15-25-22/h2-7,9-10,19,22-23H,8,11-16H2,1H3. The van der Waals surface area contributed by atoms with E-state index in [4.69, 9.17) is 4.74 Å². The number of hydrogen-bond acceptors (Lipinski definition) is 3. The molecule has 0 bridgehead atoms. The van der Waals surface area contributed by atoms with Crippen molar-refractivity contribution in [2.24, 2.45) is 0 Å². The highest BCUT2D eigenvalue weighted by atomic mass is 16.5. The fraction of sp³-hybridized carbons (Fsp3) is 0.455. The highest BCUT2D eigenvalue weighted by Crippen LogP contribution is 2.31. The molecular weight excluding hydrogens is 308 g/mol. The van der Waals surface area contributed by atoms with Gasteiger partial charge in [-0.1, -0.05) is 42.0 Å². The molecule has 3 nitrogen and oxygen atoms in total. The van der Waals surface area contributed by atoms with Crippen LogP contribution >= 0.6 is 0 Å². The van der Waals surface area contributed by atoms with E-state index in [0.717, 1.165) is 45.5 Å². The number of nitrogens with one attached hydrogen (secondary N) is 1. The van der Waals surface area contributed by atoms with Gasteiger partial charge in [0.05, 0.1) is 12.7 Å². The normalized spacial score (nSPS) is 23.3. The predicted octanol–water partition coefficient (Wildman–Crippen LogP) is 3.87. The number of hydrogen-bond donors (Lipinski definition) is 1. The van der Waals surface area contributed by atoms with Gasteiger partial charge < -0.3 is 15.0 Å². The molecule has 0 radical (unpaired) electrons. The summed E-state index contributed by atoms with van der Waals surface area (Å²) in [7, 11) is 0. The number of piperazine rings is 1. The van der Waals surface area contributed by atoms with Gasteiger partial charge in [0.1, 0.15) is 0 Å². The number of fused-ring (bicyclic) bond motifs is 1. The smallest absolute Gasteiger partial charge is 0.0828 e. The quantitative estimate of drug-likeness (QED) is 0.917. The SMILES string of the molecule is Cc1ccc(N2CCNC(CCC3OCCc4ccccc43)C2)cc1. The van der Waals surface area contributed by atoms with Crippen molar-refractivity contribution in [1.82, 2.24) is 5.32 Å². The Labute approximate surface area is 151 Å². The van der Waals surface area contributed by atoms with Crippen LogP contribution in [0.1, 0.15) is 35.6 Å². The molecule has 2 aromatic carbocycles. The van der Waals surface area contributed by atoms with Crippen molar-refractivity contribution in [1.29, 1.82) is 0 Å². The first-order valence-electron chi connectivity index (χ1n) is 9.54. The molecule has 2 heterocycles. The Morgan fingerprint density at radius 2 is 1.92 bits per heavy atom. The van der Waals surface area contributed by atoms with Crippen molar-refractivity contribution >= 4 is 5.69 Å². The number of aryl methyl sites for hydroxylation is 1. The Kier molecular flexibility index (Phi) is 5.04. The lowest BCUT2D eigenvalue weighted by Gasteiger charge is -2.36. The summed E-state index contributed by atoms with van der Waals surface area (Å²) in [6.07, 6.45) is 3.56. The summed E-state index contributed by atoms with van der Waals surface area (Å²) >= 11 is 0. The third-order valence-corrected chi connectivity index (χ3v) is 5.52. The van der Waals surface area contributed by atoms with Crippen LogP contribution in [0, 0.1) is 6.92 Å². The zero-order valence-electron chi connectivity index (χ0n) is 15.1. The maximum absolute atomic E-state index is 6.08. The fourth-order valence-corrected chi connectivity index (χ4v) is 4.08. The lowest BCUT2D eigenvalue weighted by atomic mass is 9.93.